The van der Waals surface area contributed by atoms with E-state index in [0.29, 0.717) is 6.04 Å². The lowest BCUT2D eigenvalue weighted by Crippen LogP contribution is -2.43. The van der Waals surface area contributed by atoms with Gasteiger partial charge in [-0.2, -0.15) is 0 Å². The summed E-state index contributed by atoms with van der Waals surface area (Å²) in [5.74, 6) is 0.990. The summed E-state index contributed by atoms with van der Waals surface area (Å²) in [6, 6.07) is 0.589. The third-order valence-electron chi connectivity index (χ3n) is 4.34. The van der Waals surface area contributed by atoms with Crippen LogP contribution in [0.1, 0.15) is 38.8 Å². The molecule has 5 heteroatoms. The molecule has 0 amide bonds. The predicted octanol–water partition coefficient (Wildman–Crippen LogP) is 1.90. The molecular weight excluding hydrogens is 262 g/mol. The first-order valence-corrected chi connectivity index (χ1v) is 8.21. The third kappa shape index (κ3) is 4.64. The minimum Gasteiger partial charge on any atom is -0.355 e. The molecule has 1 aliphatic rings. The van der Waals surface area contributed by atoms with Crippen molar-refractivity contribution in [1.29, 1.82) is 0 Å². The second-order valence-corrected chi connectivity index (χ2v) is 5.82. The van der Waals surface area contributed by atoms with E-state index >= 15 is 0 Å². The molecule has 21 heavy (non-hydrogen) atoms. The molecule has 0 atom stereocenters. The van der Waals surface area contributed by atoms with Crippen LogP contribution < -0.4 is 10.2 Å². The van der Waals surface area contributed by atoms with Gasteiger partial charge in [-0.1, -0.05) is 13.8 Å². The fraction of sp³-hybridized carbons (Fsp3) is 0.750. The summed E-state index contributed by atoms with van der Waals surface area (Å²) < 4.78 is 0. The number of aromatic nitrogens is 2. The van der Waals surface area contributed by atoms with E-state index in [1.165, 1.54) is 25.9 Å². The van der Waals surface area contributed by atoms with Crippen LogP contribution in [0.2, 0.25) is 0 Å². The van der Waals surface area contributed by atoms with Gasteiger partial charge in [0.1, 0.15) is 5.82 Å². The molecule has 0 aromatic carbocycles. The minimum atomic E-state index is 0.589. The van der Waals surface area contributed by atoms with E-state index in [2.05, 4.69) is 46.0 Å². The molecule has 0 saturated carbocycles. The van der Waals surface area contributed by atoms with E-state index in [1.807, 2.05) is 12.4 Å². The van der Waals surface area contributed by atoms with Gasteiger partial charge in [0.05, 0.1) is 18.1 Å². The van der Waals surface area contributed by atoms with Crippen molar-refractivity contribution in [2.75, 3.05) is 38.1 Å². The van der Waals surface area contributed by atoms with Gasteiger partial charge >= 0.3 is 0 Å². The summed E-state index contributed by atoms with van der Waals surface area (Å²) in [7, 11) is 2.14. The Morgan fingerprint density at radius 1 is 1.24 bits per heavy atom. The van der Waals surface area contributed by atoms with Gasteiger partial charge in [-0.3, -0.25) is 4.98 Å². The van der Waals surface area contributed by atoms with Gasteiger partial charge in [0.15, 0.2) is 0 Å². The standard InChI is InChI=1S/C16H29N5/c1-4-8-17-11-14-12-19-16(13-18-14)20(3)15-6-9-21(5-2)10-7-15/h12-13,15,17H,4-11H2,1-3H3. The minimum absolute atomic E-state index is 0.589. The summed E-state index contributed by atoms with van der Waals surface area (Å²) in [6.07, 6.45) is 7.38. The first kappa shape index (κ1) is 16.2. The highest BCUT2D eigenvalue weighted by molar-refractivity contribution is 5.36. The van der Waals surface area contributed by atoms with Crippen LogP contribution in [0.4, 0.5) is 5.82 Å². The third-order valence-corrected chi connectivity index (χ3v) is 4.34. The van der Waals surface area contributed by atoms with Crippen molar-refractivity contribution < 1.29 is 0 Å². The van der Waals surface area contributed by atoms with Crippen LogP contribution in [0.25, 0.3) is 0 Å². The monoisotopic (exact) mass is 291 g/mol. The lowest BCUT2D eigenvalue weighted by Gasteiger charge is -2.36. The summed E-state index contributed by atoms with van der Waals surface area (Å²) in [5.41, 5.74) is 1.02. The zero-order chi connectivity index (χ0) is 15.1. The van der Waals surface area contributed by atoms with Crippen molar-refractivity contribution in [2.24, 2.45) is 0 Å². The molecule has 0 unspecified atom stereocenters. The Kier molecular flexibility index (Phi) is 6.39. The van der Waals surface area contributed by atoms with Crippen molar-refractivity contribution in [3.63, 3.8) is 0 Å². The SMILES string of the molecule is CCCNCc1cnc(N(C)C2CCN(CC)CC2)cn1. The number of piperidine rings is 1. The van der Waals surface area contributed by atoms with Crippen LogP contribution in [-0.4, -0.2) is 54.1 Å². The molecule has 0 spiro atoms. The Labute approximate surface area is 128 Å². The van der Waals surface area contributed by atoms with Gasteiger partial charge in [-0.05, 0) is 32.4 Å². The number of anilines is 1. The lowest BCUT2D eigenvalue weighted by molar-refractivity contribution is 0.220. The summed E-state index contributed by atoms with van der Waals surface area (Å²) >= 11 is 0. The smallest absolute Gasteiger partial charge is 0.147 e. The molecule has 1 N–H and O–H groups in total. The van der Waals surface area contributed by atoms with E-state index in [4.69, 9.17) is 0 Å². The van der Waals surface area contributed by atoms with Crippen molar-refractivity contribution in [3.8, 4) is 0 Å². The van der Waals surface area contributed by atoms with Gasteiger partial charge in [0.25, 0.3) is 0 Å². The van der Waals surface area contributed by atoms with Crippen LogP contribution in [0.3, 0.4) is 0 Å². The average Bonchev–Trinajstić information content (AvgIpc) is 2.55. The van der Waals surface area contributed by atoms with Crippen LogP contribution in [0, 0.1) is 0 Å². The number of hydrogen-bond donors (Lipinski definition) is 1. The largest absolute Gasteiger partial charge is 0.355 e. The van der Waals surface area contributed by atoms with E-state index in [0.717, 1.165) is 37.6 Å². The fourth-order valence-corrected chi connectivity index (χ4v) is 2.82. The molecule has 1 aromatic rings. The van der Waals surface area contributed by atoms with Crippen LogP contribution in [0.15, 0.2) is 12.4 Å². The molecule has 0 aliphatic carbocycles. The zero-order valence-corrected chi connectivity index (χ0v) is 13.7. The van der Waals surface area contributed by atoms with E-state index < -0.39 is 0 Å². The Hall–Kier alpha value is -1.20. The first-order valence-electron chi connectivity index (χ1n) is 8.21. The van der Waals surface area contributed by atoms with E-state index in [9.17, 15) is 0 Å². The van der Waals surface area contributed by atoms with Crippen LogP contribution in [-0.2, 0) is 6.54 Å². The normalized spacial score (nSPS) is 17.1. The quantitative estimate of drug-likeness (QED) is 0.777. The molecule has 2 heterocycles. The molecule has 0 radical (unpaired) electrons. The first-order chi connectivity index (χ1) is 10.2. The lowest BCUT2D eigenvalue weighted by atomic mass is 10.0. The Balaban J connectivity index is 1.86. The van der Waals surface area contributed by atoms with Crippen molar-refractivity contribution in [3.05, 3.63) is 18.1 Å². The van der Waals surface area contributed by atoms with Gasteiger partial charge in [0.2, 0.25) is 0 Å². The van der Waals surface area contributed by atoms with Crippen LogP contribution >= 0.6 is 0 Å². The van der Waals surface area contributed by atoms with E-state index in [1.54, 1.807) is 0 Å². The molecule has 5 nitrogen and oxygen atoms in total. The molecular formula is C16H29N5. The Morgan fingerprint density at radius 2 is 2.00 bits per heavy atom. The molecule has 118 valence electrons. The van der Waals surface area contributed by atoms with Gasteiger partial charge in [-0.15, -0.1) is 0 Å². The summed E-state index contributed by atoms with van der Waals surface area (Å²) in [4.78, 5) is 13.9. The van der Waals surface area contributed by atoms with E-state index in [-0.39, 0.29) is 0 Å². The number of rotatable bonds is 7. The topological polar surface area (TPSA) is 44.3 Å². The fourth-order valence-electron chi connectivity index (χ4n) is 2.82. The number of likely N-dealkylation sites (tertiary alicyclic amines) is 1. The molecule has 1 fully saturated rings. The second kappa shape index (κ2) is 8.29. The molecule has 1 aliphatic heterocycles. The Morgan fingerprint density at radius 3 is 2.57 bits per heavy atom. The zero-order valence-electron chi connectivity index (χ0n) is 13.7. The van der Waals surface area contributed by atoms with Gasteiger partial charge < -0.3 is 15.1 Å². The number of nitrogens with zero attached hydrogens (tertiary/aromatic N) is 4. The molecule has 0 bridgehead atoms. The number of hydrogen-bond acceptors (Lipinski definition) is 5. The van der Waals surface area contributed by atoms with Crippen molar-refractivity contribution >= 4 is 5.82 Å². The van der Waals surface area contributed by atoms with Crippen molar-refractivity contribution in [2.45, 2.75) is 45.7 Å². The average molecular weight is 291 g/mol. The highest BCUT2D eigenvalue weighted by Crippen LogP contribution is 2.19. The van der Waals surface area contributed by atoms with Crippen molar-refractivity contribution in [1.82, 2.24) is 20.2 Å². The number of nitrogens with one attached hydrogen (secondary N) is 1. The predicted molar refractivity (Wildman–Crippen MR) is 87.6 cm³/mol. The highest BCUT2D eigenvalue weighted by atomic mass is 15.2. The van der Waals surface area contributed by atoms with Gasteiger partial charge in [0, 0.05) is 32.7 Å². The highest BCUT2D eigenvalue weighted by Gasteiger charge is 2.22. The summed E-state index contributed by atoms with van der Waals surface area (Å²) in [5, 5.41) is 3.35. The van der Waals surface area contributed by atoms with Crippen LogP contribution in [0.5, 0.6) is 0 Å². The maximum absolute atomic E-state index is 4.58. The summed E-state index contributed by atoms with van der Waals surface area (Å²) in [6.45, 7) is 9.78. The molecule has 2 rings (SSSR count). The molecule has 1 aromatic heterocycles. The van der Waals surface area contributed by atoms with Gasteiger partial charge in [-0.25, -0.2) is 4.98 Å². The maximum Gasteiger partial charge on any atom is 0.147 e. The Bertz CT molecular complexity index is 398. The maximum atomic E-state index is 4.58. The molecule has 1 saturated heterocycles. The second-order valence-electron chi connectivity index (χ2n) is 5.82.